The zero-order valence-electron chi connectivity index (χ0n) is 37.8. The van der Waals surface area contributed by atoms with Crippen molar-refractivity contribution in [3.05, 3.63) is 231 Å². The van der Waals surface area contributed by atoms with Gasteiger partial charge >= 0.3 is 0 Å². The molecule has 0 saturated carbocycles. The quantitative estimate of drug-likeness (QED) is 0.164. The predicted octanol–water partition coefficient (Wildman–Crippen LogP) is 19.4. The minimum atomic E-state index is 0.872. The van der Waals surface area contributed by atoms with Gasteiger partial charge < -0.3 is 9.47 Å². The topological polar surface area (TPSA) is 18.5 Å². The van der Waals surface area contributed by atoms with E-state index >= 15 is 0 Å². The van der Waals surface area contributed by atoms with E-state index in [0.29, 0.717) is 0 Å². The zero-order chi connectivity index (χ0) is 45.6. The lowest BCUT2D eigenvalue weighted by Gasteiger charge is -2.25. The van der Waals surface area contributed by atoms with Gasteiger partial charge in [-0.1, -0.05) is 188 Å². The van der Waals surface area contributed by atoms with E-state index in [1.165, 1.54) is 115 Å². The SMILES string of the molecule is c1ccc2c(c1)Oc1ccc(-c3cc(-c4cccc5ccccc45)c4cc(-c5ccc6c(c5)Oc5cccc7cccc-6c57)c5ccc(-c6cccc7ccccc67)c6ccc3c4c56)c3cccc-2c13. The van der Waals surface area contributed by atoms with Crippen LogP contribution in [0.15, 0.2) is 231 Å². The first-order valence-electron chi connectivity index (χ1n) is 24.1. The van der Waals surface area contributed by atoms with Gasteiger partial charge in [-0.15, -0.1) is 0 Å². The maximum Gasteiger partial charge on any atom is 0.135 e. The molecular weight excluding hydrogens is 849 g/mol. The van der Waals surface area contributed by atoms with Crippen molar-refractivity contribution in [1.82, 2.24) is 0 Å². The average Bonchev–Trinajstić information content (AvgIpc) is 3.42. The van der Waals surface area contributed by atoms with Crippen LogP contribution < -0.4 is 9.47 Å². The summed E-state index contributed by atoms with van der Waals surface area (Å²) in [5, 5.41) is 17.0. The number of rotatable bonds is 4. The first-order valence-corrected chi connectivity index (χ1v) is 24.1. The highest BCUT2D eigenvalue weighted by Gasteiger charge is 2.27. The number of hydrogen-bond acceptors (Lipinski definition) is 2. The second-order valence-corrected chi connectivity index (χ2v) is 19.0. The number of para-hydroxylation sites is 1. The molecule has 0 bridgehead atoms. The molecule has 0 fully saturated rings. The second kappa shape index (κ2) is 14.1. The summed E-state index contributed by atoms with van der Waals surface area (Å²) in [5.74, 6) is 3.55. The third kappa shape index (κ3) is 5.22. The van der Waals surface area contributed by atoms with Gasteiger partial charge in [0.1, 0.15) is 23.0 Å². The summed E-state index contributed by atoms with van der Waals surface area (Å²) in [6, 6.07) is 84.8. The molecule has 16 rings (SSSR count). The van der Waals surface area contributed by atoms with Crippen molar-refractivity contribution in [2.75, 3.05) is 0 Å². The van der Waals surface area contributed by atoms with Crippen LogP contribution in [0.1, 0.15) is 0 Å². The maximum atomic E-state index is 6.85. The van der Waals surface area contributed by atoms with Crippen LogP contribution in [0.3, 0.4) is 0 Å². The molecule has 0 unspecified atom stereocenters. The van der Waals surface area contributed by atoms with Gasteiger partial charge in [0, 0.05) is 21.9 Å². The molecule has 14 aromatic rings. The minimum absolute atomic E-state index is 0.872. The summed E-state index contributed by atoms with van der Waals surface area (Å²) in [4.78, 5) is 0. The molecule has 0 saturated heterocycles. The number of ether oxygens (including phenoxy) is 2. The fourth-order valence-corrected chi connectivity index (χ4v) is 12.4. The summed E-state index contributed by atoms with van der Waals surface area (Å²) < 4.78 is 13.5. The van der Waals surface area contributed by atoms with Gasteiger partial charge in [0.15, 0.2) is 0 Å². The van der Waals surface area contributed by atoms with E-state index in [2.05, 4.69) is 224 Å². The van der Waals surface area contributed by atoms with Crippen molar-refractivity contribution in [3.8, 4) is 89.8 Å². The van der Waals surface area contributed by atoms with Crippen molar-refractivity contribution in [3.63, 3.8) is 0 Å². The Morgan fingerprint density at radius 3 is 1.44 bits per heavy atom. The van der Waals surface area contributed by atoms with E-state index in [9.17, 15) is 0 Å². The van der Waals surface area contributed by atoms with Crippen LogP contribution in [0, 0.1) is 0 Å². The molecule has 0 spiro atoms. The van der Waals surface area contributed by atoms with Crippen LogP contribution >= 0.6 is 0 Å². The van der Waals surface area contributed by atoms with Crippen molar-refractivity contribution in [2.45, 2.75) is 0 Å². The minimum Gasteiger partial charge on any atom is -0.456 e. The molecule has 0 aromatic heterocycles. The van der Waals surface area contributed by atoms with Crippen molar-refractivity contribution >= 4 is 75.4 Å². The highest BCUT2D eigenvalue weighted by Crippen LogP contribution is 2.54. The molecule has 2 nitrogen and oxygen atoms in total. The smallest absolute Gasteiger partial charge is 0.135 e. The molecule has 0 N–H and O–H groups in total. The molecule has 0 aliphatic carbocycles. The lowest BCUT2D eigenvalue weighted by molar-refractivity contribution is 0.487. The molecule has 2 heterocycles. The summed E-state index contributed by atoms with van der Waals surface area (Å²) in [5.41, 5.74) is 14.1. The largest absolute Gasteiger partial charge is 0.456 e. The Labute approximate surface area is 403 Å². The van der Waals surface area contributed by atoms with Crippen molar-refractivity contribution in [1.29, 1.82) is 0 Å². The Morgan fingerprint density at radius 1 is 0.186 bits per heavy atom. The molecule has 14 aromatic carbocycles. The van der Waals surface area contributed by atoms with E-state index in [-0.39, 0.29) is 0 Å². The number of benzene rings is 14. The Morgan fingerprint density at radius 2 is 0.629 bits per heavy atom. The molecule has 0 amide bonds. The van der Waals surface area contributed by atoms with Crippen LogP contribution in [0.2, 0.25) is 0 Å². The first-order chi connectivity index (χ1) is 34.7. The summed E-state index contributed by atoms with van der Waals surface area (Å²) >= 11 is 0. The molecule has 2 heteroatoms. The van der Waals surface area contributed by atoms with Gasteiger partial charge in [0.05, 0.1) is 0 Å². The van der Waals surface area contributed by atoms with E-state index < -0.39 is 0 Å². The fraction of sp³-hybridized carbons (Fsp3) is 0. The third-order valence-electron chi connectivity index (χ3n) is 15.4. The number of hydrogen-bond donors (Lipinski definition) is 0. The zero-order valence-corrected chi connectivity index (χ0v) is 37.8. The van der Waals surface area contributed by atoms with Crippen LogP contribution in [-0.2, 0) is 0 Å². The molecule has 0 radical (unpaired) electrons. The molecule has 70 heavy (non-hydrogen) atoms. The average molecular weight is 887 g/mol. The van der Waals surface area contributed by atoms with Gasteiger partial charge in [0.2, 0.25) is 0 Å². The van der Waals surface area contributed by atoms with Gasteiger partial charge in [-0.25, -0.2) is 0 Å². The lowest BCUT2D eigenvalue weighted by Crippen LogP contribution is -1.99. The molecule has 2 aliphatic heterocycles. The van der Waals surface area contributed by atoms with Gasteiger partial charge in [-0.3, -0.25) is 0 Å². The summed E-state index contributed by atoms with van der Waals surface area (Å²) in [6.45, 7) is 0. The highest BCUT2D eigenvalue weighted by molar-refractivity contribution is 6.34. The maximum absolute atomic E-state index is 6.85. The summed E-state index contributed by atoms with van der Waals surface area (Å²) in [7, 11) is 0. The molecular formula is C68H38O2. The van der Waals surface area contributed by atoms with E-state index in [1.807, 2.05) is 6.07 Å². The predicted molar refractivity (Wildman–Crippen MR) is 293 cm³/mol. The Bertz CT molecular complexity index is 4580. The second-order valence-electron chi connectivity index (χ2n) is 19.0. The van der Waals surface area contributed by atoms with E-state index in [1.54, 1.807) is 0 Å². The van der Waals surface area contributed by atoms with Gasteiger partial charge in [-0.2, -0.15) is 0 Å². The van der Waals surface area contributed by atoms with Gasteiger partial charge in [0.25, 0.3) is 0 Å². The van der Waals surface area contributed by atoms with Crippen LogP contribution in [-0.4, -0.2) is 0 Å². The lowest BCUT2D eigenvalue weighted by atomic mass is 9.80. The first kappa shape index (κ1) is 37.8. The van der Waals surface area contributed by atoms with E-state index in [4.69, 9.17) is 9.47 Å². The molecule has 322 valence electrons. The molecule has 0 atom stereocenters. The van der Waals surface area contributed by atoms with Crippen molar-refractivity contribution in [2.24, 2.45) is 0 Å². The normalized spacial score (nSPS) is 12.5. The van der Waals surface area contributed by atoms with Gasteiger partial charge in [-0.05, 0) is 163 Å². The van der Waals surface area contributed by atoms with E-state index in [0.717, 1.165) is 50.5 Å². The standard InChI is InChI=1S/C68H38O2/c1-3-18-43-39(12-1)14-7-21-45(43)47-30-31-55-57(42-28-29-50-52-23-9-16-41-17-10-27-62(65(41)52)70-64(50)36-42)37-60-59(46-22-8-15-40-13-2-4-19-44(40)46)38-58(56-33-32-54(47)67(55)68(56)60)48-34-35-63-66-51(48)24-11-25-53(66)49-20-5-6-26-61(49)69-63/h1-38H. The third-order valence-corrected chi connectivity index (χ3v) is 15.4. The van der Waals surface area contributed by atoms with Crippen LogP contribution in [0.4, 0.5) is 0 Å². The van der Waals surface area contributed by atoms with Crippen molar-refractivity contribution < 1.29 is 9.47 Å². The number of fused-ring (bicyclic) bond motifs is 6. The monoisotopic (exact) mass is 886 g/mol. The van der Waals surface area contributed by atoms with Crippen LogP contribution in [0.25, 0.3) is 142 Å². The summed E-state index contributed by atoms with van der Waals surface area (Å²) in [6.07, 6.45) is 0. The fourth-order valence-electron chi connectivity index (χ4n) is 12.4. The Hall–Kier alpha value is -9.24. The van der Waals surface area contributed by atoms with Crippen LogP contribution in [0.5, 0.6) is 23.0 Å². The Kier molecular flexibility index (Phi) is 7.64. The Balaban J connectivity index is 1.05. The highest BCUT2D eigenvalue weighted by atomic mass is 16.5. The molecule has 2 aliphatic rings.